The third kappa shape index (κ3) is 4.77. The highest BCUT2D eigenvalue weighted by molar-refractivity contribution is 6.99. The highest BCUT2D eigenvalue weighted by Gasteiger charge is 2.52. The van der Waals surface area contributed by atoms with Gasteiger partial charge < -0.3 is 28.8 Å². The summed E-state index contributed by atoms with van der Waals surface area (Å²) >= 11 is 0. The molecule has 0 bridgehead atoms. The molecule has 0 radical (unpaired) electrons. The summed E-state index contributed by atoms with van der Waals surface area (Å²) in [5.74, 6) is 0.214. The van der Waals surface area contributed by atoms with E-state index in [1.54, 1.807) is 0 Å². The van der Waals surface area contributed by atoms with Crippen LogP contribution in [-0.2, 0) is 9.16 Å². The van der Waals surface area contributed by atoms with Crippen molar-refractivity contribution in [3.05, 3.63) is 72.4 Å². The van der Waals surface area contributed by atoms with Crippen LogP contribution in [0.2, 0.25) is 5.04 Å². The summed E-state index contributed by atoms with van der Waals surface area (Å²) < 4.78 is 23.5. The third-order valence-corrected chi connectivity index (χ3v) is 11.7. The van der Waals surface area contributed by atoms with Crippen LogP contribution in [-0.4, -0.2) is 67.6 Å². The fourth-order valence-corrected chi connectivity index (χ4v) is 9.50. The Hall–Kier alpha value is -2.82. The van der Waals surface area contributed by atoms with Gasteiger partial charge in [0.25, 0.3) is 8.32 Å². The van der Waals surface area contributed by atoms with Crippen LogP contribution in [0.15, 0.2) is 66.9 Å². The predicted molar refractivity (Wildman–Crippen MR) is 138 cm³/mol. The van der Waals surface area contributed by atoms with Crippen molar-refractivity contribution in [1.82, 2.24) is 9.97 Å². The Bertz CT molecular complexity index is 1100. The zero-order valence-corrected chi connectivity index (χ0v) is 22.3. The number of aliphatic hydroxyl groups excluding tert-OH is 2. The molecule has 0 amide bonds. The Morgan fingerprint density at radius 1 is 0.889 bits per heavy atom. The highest BCUT2D eigenvalue weighted by atomic mass is 28.4. The molecule has 4 atom stereocenters. The standard InChI is InChI=1S/C27H34N2O6Si/c1-27(2,3)36(18-12-8-6-9-13-18,19-14-10-7-11-15-19)34-17-21-22(30)23(31)24(35-21)20-16-28-26(33-5)29-25(20)32-4/h6-16,21-24,30-31H,17H2,1-5H3/t21-,22-,23-,24+/m1/s1. The number of hydrogen-bond acceptors (Lipinski definition) is 8. The normalized spacial score (nSPS) is 22.4. The minimum absolute atomic E-state index is 0.0985. The molecule has 0 saturated carbocycles. The topological polar surface area (TPSA) is 103 Å². The van der Waals surface area contributed by atoms with E-state index in [1.807, 2.05) is 36.4 Å². The van der Waals surface area contributed by atoms with Crippen molar-refractivity contribution in [3.63, 3.8) is 0 Å². The largest absolute Gasteiger partial charge is 0.481 e. The number of hydrogen-bond donors (Lipinski definition) is 2. The summed E-state index contributed by atoms with van der Waals surface area (Å²) in [4.78, 5) is 8.30. The third-order valence-electron chi connectivity index (χ3n) is 6.68. The average Bonchev–Trinajstić information content (AvgIpc) is 3.17. The maximum absolute atomic E-state index is 10.9. The number of methoxy groups -OCH3 is 2. The molecular weight excluding hydrogens is 476 g/mol. The molecule has 2 aromatic carbocycles. The van der Waals surface area contributed by atoms with E-state index in [9.17, 15) is 10.2 Å². The average molecular weight is 511 g/mol. The van der Waals surface area contributed by atoms with E-state index in [4.69, 9.17) is 18.6 Å². The van der Waals surface area contributed by atoms with Gasteiger partial charge in [-0.15, -0.1) is 0 Å². The lowest BCUT2D eigenvalue weighted by molar-refractivity contribution is -0.0198. The first-order valence-corrected chi connectivity index (χ1v) is 13.8. The summed E-state index contributed by atoms with van der Waals surface area (Å²) in [5.41, 5.74) is 0.429. The summed E-state index contributed by atoms with van der Waals surface area (Å²) in [6.07, 6.45) is -2.54. The van der Waals surface area contributed by atoms with Gasteiger partial charge in [0.1, 0.15) is 24.4 Å². The van der Waals surface area contributed by atoms with E-state index < -0.39 is 32.7 Å². The molecule has 1 aliphatic rings. The second kappa shape index (κ2) is 10.7. The molecule has 0 unspecified atom stereocenters. The minimum Gasteiger partial charge on any atom is -0.481 e. The van der Waals surface area contributed by atoms with Crippen LogP contribution < -0.4 is 19.8 Å². The van der Waals surface area contributed by atoms with Crippen molar-refractivity contribution in [3.8, 4) is 11.9 Å². The van der Waals surface area contributed by atoms with Crippen molar-refractivity contribution in [2.24, 2.45) is 0 Å². The van der Waals surface area contributed by atoms with Gasteiger partial charge in [0.2, 0.25) is 5.88 Å². The van der Waals surface area contributed by atoms with Crippen molar-refractivity contribution < 1.29 is 28.8 Å². The molecule has 2 N–H and O–H groups in total. The van der Waals surface area contributed by atoms with Gasteiger partial charge in [-0.05, 0) is 15.4 Å². The lowest BCUT2D eigenvalue weighted by Gasteiger charge is -2.43. The van der Waals surface area contributed by atoms with Crippen LogP contribution >= 0.6 is 0 Å². The predicted octanol–water partition coefficient (Wildman–Crippen LogP) is 2.23. The summed E-state index contributed by atoms with van der Waals surface area (Å²) in [5, 5.41) is 23.9. The minimum atomic E-state index is -2.84. The molecule has 192 valence electrons. The van der Waals surface area contributed by atoms with Crippen LogP contribution in [0.25, 0.3) is 0 Å². The van der Waals surface area contributed by atoms with Crippen molar-refractivity contribution in [2.45, 2.75) is 50.2 Å². The van der Waals surface area contributed by atoms with Gasteiger partial charge in [0.05, 0.1) is 26.4 Å². The number of ether oxygens (including phenoxy) is 3. The first-order valence-electron chi connectivity index (χ1n) is 11.9. The molecule has 8 nitrogen and oxygen atoms in total. The van der Waals surface area contributed by atoms with Gasteiger partial charge in [-0.3, -0.25) is 0 Å². The molecule has 9 heteroatoms. The molecule has 2 heterocycles. The molecule has 36 heavy (non-hydrogen) atoms. The van der Waals surface area contributed by atoms with Gasteiger partial charge in [-0.1, -0.05) is 81.4 Å². The molecule has 3 aromatic rings. The Labute approximate surface area is 213 Å². The smallest absolute Gasteiger partial charge is 0.319 e. The Morgan fingerprint density at radius 3 is 1.97 bits per heavy atom. The Kier molecular flexibility index (Phi) is 7.77. The van der Waals surface area contributed by atoms with Gasteiger partial charge in [-0.25, -0.2) is 4.98 Å². The number of benzene rings is 2. The number of aromatic nitrogens is 2. The van der Waals surface area contributed by atoms with Gasteiger partial charge in [0, 0.05) is 6.20 Å². The van der Waals surface area contributed by atoms with Crippen LogP contribution in [0.1, 0.15) is 32.4 Å². The first-order chi connectivity index (χ1) is 17.2. The monoisotopic (exact) mass is 510 g/mol. The fraction of sp³-hybridized carbons (Fsp3) is 0.407. The fourth-order valence-electron chi connectivity index (χ4n) is 4.93. The Balaban J connectivity index is 1.66. The molecule has 4 rings (SSSR count). The quantitative estimate of drug-likeness (QED) is 0.445. The lowest BCUT2D eigenvalue weighted by Crippen LogP contribution is -2.67. The Morgan fingerprint density at radius 2 is 1.47 bits per heavy atom. The van der Waals surface area contributed by atoms with Crippen LogP contribution in [0.4, 0.5) is 0 Å². The van der Waals surface area contributed by atoms with Crippen molar-refractivity contribution >= 4 is 18.7 Å². The molecule has 0 spiro atoms. The SMILES string of the molecule is COc1ncc([C@@H]2O[C@H](CO[Si](c3ccccc3)(c3ccccc3)C(C)(C)C)[C@@H](O)[C@H]2O)c(OC)n1. The van der Waals surface area contributed by atoms with Crippen molar-refractivity contribution in [2.75, 3.05) is 20.8 Å². The summed E-state index contributed by atoms with van der Waals surface area (Å²) in [6.45, 7) is 6.65. The van der Waals surface area contributed by atoms with E-state index >= 15 is 0 Å². The maximum atomic E-state index is 10.9. The molecule has 0 aliphatic carbocycles. The zero-order valence-electron chi connectivity index (χ0n) is 21.3. The van der Waals surface area contributed by atoms with Gasteiger partial charge in [0.15, 0.2) is 0 Å². The lowest BCUT2D eigenvalue weighted by atomic mass is 10.0. The van der Waals surface area contributed by atoms with Crippen molar-refractivity contribution in [1.29, 1.82) is 0 Å². The summed E-state index contributed by atoms with van der Waals surface area (Å²) in [6, 6.07) is 20.6. The zero-order chi connectivity index (χ0) is 25.9. The first kappa shape index (κ1) is 26.2. The number of nitrogens with zero attached hydrogens (tertiary/aromatic N) is 2. The van der Waals surface area contributed by atoms with E-state index in [-0.39, 0.29) is 23.5 Å². The molecular formula is C27H34N2O6Si. The maximum Gasteiger partial charge on any atom is 0.319 e. The van der Waals surface area contributed by atoms with Crippen LogP contribution in [0.3, 0.4) is 0 Å². The van der Waals surface area contributed by atoms with E-state index in [2.05, 4.69) is 55.0 Å². The molecule has 1 saturated heterocycles. The van der Waals surface area contributed by atoms with E-state index in [1.165, 1.54) is 20.4 Å². The molecule has 1 aliphatic heterocycles. The summed E-state index contributed by atoms with van der Waals surface area (Å²) in [7, 11) is 0.0820. The second-order valence-corrected chi connectivity index (χ2v) is 14.2. The molecule has 1 fully saturated rings. The van der Waals surface area contributed by atoms with Gasteiger partial charge >= 0.3 is 6.01 Å². The number of aliphatic hydroxyl groups is 2. The van der Waals surface area contributed by atoms with Gasteiger partial charge in [-0.2, -0.15) is 4.98 Å². The van der Waals surface area contributed by atoms with E-state index in [0.29, 0.717) is 5.56 Å². The highest BCUT2D eigenvalue weighted by Crippen LogP contribution is 2.40. The van der Waals surface area contributed by atoms with Crippen LogP contribution in [0, 0.1) is 0 Å². The van der Waals surface area contributed by atoms with Crippen LogP contribution in [0.5, 0.6) is 11.9 Å². The molecule has 1 aromatic heterocycles. The number of rotatable bonds is 8. The van der Waals surface area contributed by atoms with E-state index in [0.717, 1.165) is 10.4 Å². The second-order valence-electron chi connectivity index (χ2n) is 9.87.